The third kappa shape index (κ3) is 5.13. The van der Waals surface area contributed by atoms with Crippen LogP contribution in [0, 0.1) is 0 Å². The maximum absolute atomic E-state index is 6.04. The molecule has 1 heterocycles. The zero-order valence-corrected chi connectivity index (χ0v) is 15.7. The standard InChI is InChI=1S/C16H16Cl2N2O.2ClH/c1-19-16(2-3-16)10-21-15-6-12(8-20-9-15)11-4-13(17)7-14(18)5-11;;/h4-9,19H,2-3,10H2,1H3;2*1H. The van der Waals surface area contributed by atoms with Crippen molar-refractivity contribution in [2.75, 3.05) is 13.7 Å². The highest BCUT2D eigenvalue weighted by Crippen LogP contribution is 2.35. The van der Waals surface area contributed by atoms with Gasteiger partial charge in [-0.05, 0) is 49.7 Å². The van der Waals surface area contributed by atoms with Gasteiger partial charge in [-0.3, -0.25) is 4.98 Å². The molecule has 7 heteroatoms. The molecule has 3 nitrogen and oxygen atoms in total. The first kappa shape index (κ1) is 20.3. The van der Waals surface area contributed by atoms with Crippen molar-refractivity contribution in [1.29, 1.82) is 0 Å². The summed E-state index contributed by atoms with van der Waals surface area (Å²) in [6.45, 7) is 0.658. The highest BCUT2D eigenvalue weighted by Gasteiger charge is 2.41. The molecule has 1 aromatic heterocycles. The second-order valence-corrected chi connectivity index (χ2v) is 6.26. The van der Waals surface area contributed by atoms with Crippen LogP contribution in [0.25, 0.3) is 11.1 Å². The normalized spacial score (nSPS) is 14.4. The van der Waals surface area contributed by atoms with Crippen LogP contribution in [0.1, 0.15) is 12.8 Å². The Hall–Kier alpha value is -0.710. The Morgan fingerprint density at radius 1 is 1.04 bits per heavy atom. The quantitative estimate of drug-likeness (QED) is 0.770. The van der Waals surface area contributed by atoms with Crippen LogP contribution in [0.4, 0.5) is 0 Å². The lowest BCUT2D eigenvalue weighted by Crippen LogP contribution is -2.33. The lowest BCUT2D eigenvalue weighted by molar-refractivity contribution is 0.259. The van der Waals surface area contributed by atoms with Gasteiger partial charge in [0.05, 0.1) is 11.7 Å². The summed E-state index contributed by atoms with van der Waals surface area (Å²) in [6.07, 6.45) is 5.81. The topological polar surface area (TPSA) is 34.1 Å². The predicted molar refractivity (Wildman–Crippen MR) is 101 cm³/mol. The molecule has 126 valence electrons. The van der Waals surface area contributed by atoms with Gasteiger partial charge in [0.25, 0.3) is 0 Å². The molecule has 0 saturated heterocycles. The maximum atomic E-state index is 6.04. The summed E-state index contributed by atoms with van der Waals surface area (Å²) in [6, 6.07) is 7.40. The van der Waals surface area contributed by atoms with Crippen molar-refractivity contribution in [2.24, 2.45) is 0 Å². The van der Waals surface area contributed by atoms with E-state index >= 15 is 0 Å². The van der Waals surface area contributed by atoms with E-state index in [1.54, 1.807) is 18.5 Å². The largest absolute Gasteiger partial charge is 0.490 e. The van der Waals surface area contributed by atoms with Gasteiger partial charge in [-0.15, -0.1) is 24.8 Å². The molecule has 1 fully saturated rings. The summed E-state index contributed by atoms with van der Waals surface area (Å²) in [4.78, 5) is 4.24. The van der Waals surface area contributed by atoms with Crippen molar-refractivity contribution in [3.63, 3.8) is 0 Å². The summed E-state index contributed by atoms with van der Waals surface area (Å²) < 4.78 is 5.86. The van der Waals surface area contributed by atoms with E-state index in [0.717, 1.165) is 29.7 Å². The van der Waals surface area contributed by atoms with E-state index in [2.05, 4.69) is 10.3 Å². The molecule has 0 aliphatic heterocycles. The van der Waals surface area contributed by atoms with E-state index in [1.807, 2.05) is 25.2 Å². The number of nitrogens with zero attached hydrogens (tertiary/aromatic N) is 1. The molecular formula is C16H18Cl4N2O. The van der Waals surface area contributed by atoms with Gasteiger partial charge in [0.2, 0.25) is 0 Å². The predicted octanol–water partition coefficient (Wildman–Crippen LogP) is 5.03. The fraction of sp³-hybridized carbons (Fsp3) is 0.312. The van der Waals surface area contributed by atoms with Crippen LogP contribution in [-0.4, -0.2) is 24.2 Å². The second-order valence-electron chi connectivity index (χ2n) is 5.39. The van der Waals surface area contributed by atoms with Crippen LogP contribution >= 0.6 is 48.0 Å². The van der Waals surface area contributed by atoms with Crippen LogP contribution in [0.3, 0.4) is 0 Å². The average molecular weight is 396 g/mol. The molecule has 0 radical (unpaired) electrons. The minimum Gasteiger partial charge on any atom is -0.490 e. The van der Waals surface area contributed by atoms with Crippen LogP contribution in [0.2, 0.25) is 10.0 Å². The number of likely N-dealkylation sites (N-methyl/N-ethyl adjacent to an activating group) is 1. The molecule has 1 aliphatic carbocycles. The molecule has 0 unspecified atom stereocenters. The number of hydrogen-bond acceptors (Lipinski definition) is 3. The summed E-state index contributed by atoms with van der Waals surface area (Å²) in [5.41, 5.74) is 2.02. The zero-order valence-electron chi connectivity index (χ0n) is 12.5. The monoisotopic (exact) mass is 394 g/mol. The van der Waals surface area contributed by atoms with Crippen molar-refractivity contribution in [1.82, 2.24) is 10.3 Å². The Morgan fingerprint density at radius 2 is 1.70 bits per heavy atom. The maximum Gasteiger partial charge on any atom is 0.138 e. The number of ether oxygens (including phenoxy) is 1. The smallest absolute Gasteiger partial charge is 0.138 e. The molecule has 0 bridgehead atoms. The molecule has 1 aliphatic rings. The lowest BCUT2D eigenvalue weighted by atomic mass is 10.1. The van der Waals surface area contributed by atoms with Gasteiger partial charge in [-0.1, -0.05) is 23.2 Å². The number of rotatable bonds is 5. The molecular weight excluding hydrogens is 378 g/mol. The van der Waals surface area contributed by atoms with Gasteiger partial charge < -0.3 is 10.1 Å². The summed E-state index contributed by atoms with van der Waals surface area (Å²) >= 11 is 12.1. The first-order valence-electron chi connectivity index (χ1n) is 6.83. The van der Waals surface area contributed by atoms with Crippen LogP contribution in [0.15, 0.2) is 36.7 Å². The highest BCUT2D eigenvalue weighted by atomic mass is 35.5. The fourth-order valence-electron chi connectivity index (χ4n) is 2.22. The molecule has 1 saturated carbocycles. The molecule has 0 amide bonds. The summed E-state index contributed by atoms with van der Waals surface area (Å²) in [5, 5.41) is 4.52. The highest BCUT2D eigenvalue weighted by molar-refractivity contribution is 6.35. The fourth-order valence-corrected chi connectivity index (χ4v) is 2.74. The molecule has 0 atom stereocenters. The minimum atomic E-state index is 0. The number of hydrogen-bond donors (Lipinski definition) is 1. The third-order valence-corrected chi connectivity index (χ3v) is 4.24. The van der Waals surface area contributed by atoms with Crippen molar-refractivity contribution < 1.29 is 4.74 Å². The van der Waals surface area contributed by atoms with E-state index < -0.39 is 0 Å². The first-order valence-corrected chi connectivity index (χ1v) is 7.59. The van der Waals surface area contributed by atoms with Gasteiger partial charge in [0, 0.05) is 21.8 Å². The molecule has 23 heavy (non-hydrogen) atoms. The molecule has 1 N–H and O–H groups in total. The minimum absolute atomic E-state index is 0. The third-order valence-electron chi connectivity index (χ3n) is 3.81. The van der Waals surface area contributed by atoms with E-state index in [0.29, 0.717) is 16.7 Å². The van der Waals surface area contributed by atoms with Gasteiger partial charge in [-0.25, -0.2) is 0 Å². The zero-order chi connectivity index (χ0) is 14.9. The van der Waals surface area contributed by atoms with E-state index in [4.69, 9.17) is 27.9 Å². The van der Waals surface area contributed by atoms with Gasteiger partial charge >= 0.3 is 0 Å². The molecule has 1 aromatic carbocycles. The SMILES string of the molecule is CNC1(COc2cncc(-c3cc(Cl)cc(Cl)c3)c2)CC1.Cl.Cl. The first-order chi connectivity index (χ1) is 10.1. The Labute approximate surface area is 158 Å². The number of pyridine rings is 1. The van der Waals surface area contributed by atoms with Crippen molar-refractivity contribution in [3.05, 3.63) is 46.7 Å². The van der Waals surface area contributed by atoms with Crippen molar-refractivity contribution in [2.45, 2.75) is 18.4 Å². The Kier molecular flexibility index (Phi) is 7.43. The molecule has 0 spiro atoms. The van der Waals surface area contributed by atoms with Crippen LogP contribution in [-0.2, 0) is 0 Å². The van der Waals surface area contributed by atoms with E-state index in [1.165, 1.54) is 0 Å². The van der Waals surface area contributed by atoms with Crippen molar-refractivity contribution >= 4 is 48.0 Å². The average Bonchev–Trinajstić information content (AvgIpc) is 3.25. The molecule has 2 aromatic rings. The lowest BCUT2D eigenvalue weighted by Gasteiger charge is -2.15. The van der Waals surface area contributed by atoms with Gasteiger partial charge in [0.1, 0.15) is 12.4 Å². The van der Waals surface area contributed by atoms with Crippen LogP contribution in [0.5, 0.6) is 5.75 Å². The van der Waals surface area contributed by atoms with Gasteiger partial charge in [0.15, 0.2) is 0 Å². The number of nitrogens with one attached hydrogen (secondary N) is 1. The Morgan fingerprint density at radius 3 is 2.26 bits per heavy atom. The number of benzene rings is 1. The van der Waals surface area contributed by atoms with Gasteiger partial charge in [-0.2, -0.15) is 0 Å². The number of aromatic nitrogens is 1. The Bertz CT molecular complexity index is 642. The second kappa shape index (κ2) is 8.41. The Balaban J connectivity index is 0.00000132. The molecule has 3 rings (SSSR count). The van der Waals surface area contributed by atoms with Crippen LogP contribution < -0.4 is 10.1 Å². The van der Waals surface area contributed by atoms with E-state index in [-0.39, 0.29) is 30.4 Å². The van der Waals surface area contributed by atoms with Crippen molar-refractivity contribution in [3.8, 4) is 16.9 Å². The summed E-state index contributed by atoms with van der Waals surface area (Å²) in [7, 11) is 1.97. The van der Waals surface area contributed by atoms with E-state index in [9.17, 15) is 0 Å². The summed E-state index contributed by atoms with van der Waals surface area (Å²) in [5.74, 6) is 0.755. The number of halogens is 4.